The van der Waals surface area contributed by atoms with E-state index in [0.717, 1.165) is 6.26 Å². The van der Waals surface area contributed by atoms with Crippen molar-refractivity contribution < 1.29 is 21.2 Å². The Bertz CT molecular complexity index is 1480. The third-order valence-corrected chi connectivity index (χ3v) is 7.17. The number of anilines is 1. The van der Waals surface area contributed by atoms with E-state index in [-0.39, 0.29) is 15.5 Å². The molecule has 0 atom stereocenters. The van der Waals surface area contributed by atoms with Gasteiger partial charge in [0.15, 0.2) is 9.84 Å². The lowest BCUT2D eigenvalue weighted by atomic mass is 10.1. The van der Waals surface area contributed by atoms with Gasteiger partial charge in [-0.3, -0.25) is 9.82 Å². The van der Waals surface area contributed by atoms with E-state index in [0.29, 0.717) is 22.2 Å². The highest BCUT2D eigenvalue weighted by Gasteiger charge is 2.24. The average molecular weight is 445 g/mol. The van der Waals surface area contributed by atoms with Crippen molar-refractivity contribution in [3.63, 3.8) is 0 Å². The van der Waals surface area contributed by atoms with E-state index in [4.69, 9.17) is 0 Å². The maximum Gasteiger partial charge on any atom is 0.263 e. The van der Waals surface area contributed by atoms with Gasteiger partial charge in [-0.2, -0.15) is 5.10 Å². The Hall–Kier alpha value is -3.24. The van der Waals surface area contributed by atoms with Gasteiger partial charge in [0.05, 0.1) is 10.4 Å². The normalized spacial score (nSPS) is 12.2. The first-order valence-corrected chi connectivity index (χ1v) is 12.1. The largest absolute Gasteiger partial charge is 0.280 e. The number of hydrogen-bond donors (Lipinski definition) is 2. The van der Waals surface area contributed by atoms with E-state index in [9.17, 15) is 21.2 Å². The summed E-state index contributed by atoms with van der Waals surface area (Å²) in [5, 5.41) is 7.61. The number of aromatic amines is 1. The summed E-state index contributed by atoms with van der Waals surface area (Å²) < 4.78 is 65.8. The zero-order chi connectivity index (χ0) is 21.5. The smallest absolute Gasteiger partial charge is 0.263 e. The van der Waals surface area contributed by atoms with Crippen molar-refractivity contribution in [1.29, 1.82) is 0 Å². The molecule has 1 aromatic heterocycles. The molecule has 0 saturated carbocycles. The molecule has 0 aliphatic carbocycles. The number of aromatic nitrogens is 2. The van der Waals surface area contributed by atoms with Crippen molar-refractivity contribution in [3.05, 3.63) is 72.5 Å². The minimum atomic E-state index is -4.18. The second kappa shape index (κ2) is 7.22. The fourth-order valence-corrected chi connectivity index (χ4v) is 5.80. The molecule has 0 aliphatic rings. The molecular formula is C20H16FN3O4S2. The number of nitrogens with zero attached hydrogens (tertiary/aromatic N) is 1. The quantitative estimate of drug-likeness (QED) is 0.488. The van der Waals surface area contributed by atoms with Crippen LogP contribution in [0.5, 0.6) is 0 Å². The maximum absolute atomic E-state index is 13.6. The Kier molecular flexibility index (Phi) is 4.83. The lowest BCUT2D eigenvalue weighted by Crippen LogP contribution is -2.16. The first kappa shape index (κ1) is 20.0. The molecule has 154 valence electrons. The molecule has 0 radical (unpaired) electrons. The van der Waals surface area contributed by atoms with Crippen molar-refractivity contribution in [2.75, 3.05) is 11.0 Å². The van der Waals surface area contributed by atoms with Crippen LogP contribution in [-0.2, 0) is 19.9 Å². The van der Waals surface area contributed by atoms with Crippen LogP contribution in [0.3, 0.4) is 0 Å². The van der Waals surface area contributed by atoms with Crippen LogP contribution in [0.1, 0.15) is 0 Å². The molecule has 0 saturated heterocycles. The molecule has 0 bridgehead atoms. The summed E-state index contributed by atoms with van der Waals surface area (Å²) in [7, 11) is -7.93. The van der Waals surface area contributed by atoms with Crippen molar-refractivity contribution in [2.24, 2.45) is 0 Å². The van der Waals surface area contributed by atoms with Gasteiger partial charge in [0.25, 0.3) is 10.0 Å². The molecule has 1 heterocycles. The summed E-state index contributed by atoms with van der Waals surface area (Å²) in [6.07, 6.45) is 0.949. The first-order valence-electron chi connectivity index (χ1n) is 8.71. The summed E-state index contributed by atoms with van der Waals surface area (Å²) in [4.78, 5) is -0.632. The van der Waals surface area contributed by atoms with Crippen LogP contribution in [0.25, 0.3) is 22.2 Å². The lowest BCUT2D eigenvalue weighted by Gasteiger charge is -2.11. The Morgan fingerprint density at radius 3 is 2.33 bits per heavy atom. The Morgan fingerprint density at radius 1 is 0.900 bits per heavy atom. The van der Waals surface area contributed by atoms with Gasteiger partial charge in [-0.25, -0.2) is 21.2 Å². The molecule has 0 spiro atoms. The highest BCUT2D eigenvalue weighted by molar-refractivity contribution is 7.95. The van der Waals surface area contributed by atoms with Gasteiger partial charge >= 0.3 is 0 Å². The van der Waals surface area contributed by atoms with Crippen LogP contribution in [-0.4, -0.2) is 33.3 Å². The van der Waals surface area contributed by atoms with Gasteiger partial charge in [0.2, 0.25) is 0 Å². The van der Waals surface area contributed by atoms with Crippen molar-refractivity contribution in [2.45, 2.75) is 9.79 Å². The lowest BCUT2D eigenvalue weighted by molar-refractivity contribution is 0.588. The topological polar surface area (TPSA) is 109 Å². The molecule has 0 unspecified atom stereocenters. The van der Waals surface area contributed by atoms with E-state index in [2.05, 4.69) is 14.9 Å². The molecule has 4 aromatic rings. The minimum absolute atomic E-state index is 0.213. The number of nitrogens with one attached hydrogen (secondary N) is 2. The number of sulfonamides is 1. The van der Waals surface area contributed by atoms with Crippen LogP contribution in [0.2, 0.25) is 0 Å². The zero-order valence-electron chi connectivity index (χ0n) is 15.6. The summed E-state index contributed by atoms with van der Waals surface area (Å²) in [5.74, 6) is -0.419. The van der Waals surface area contributed by atoms with E-state index >= 15 is 0 Å². The Balaban J connectivity index is 1.78. The molecule has 0 amide bonds. The average Bonchev–Trinajstić information content (AvgIpc) is 3.10. The molecule has 3 aromatic carbocycles. The van der Waals surface area contributed by atoms with E-state index < -0.39 is 25.7 Å². The number of H-pyrrole nitrogens is 1. The van der Waals surface area contributed by atoms with Crippen LogP contribution < -0.4 is 4.72 Å². The van der Waals surface area contributed by atoms with Gasteiger partial charge in [0.1, 0.15) is 16.4 Å². The zero-order valence-corrected chi connectivity index (χ0v) is 17.3. The Morgan fingerprint density at radius 2 is 1.63 bits per heavy atom. The molecule has 30 heavy (non-hydrogen) atoms. The van der Waals surface area contributed by atoms with Gasteiger partial charge < -0.3 is 0 Å². The Labute approximate surface area is 172 Å². The number of halogens is 1. The van der Waals surface area contributed by atoms with Crippen LogP contribution >= 0.6 is 0 Å². The molecular weight excluding hydrogens is 429 g/mol. The molecule has 7 nitrogen and oxygen atoms in total. The van der Waals surface area contributed by atoms with Crippen molar-refractivity contribution in [3.8, 4) is 11.3 Å². The second-order valence-corrected chi connectivity index (χ2v) is 10.3. The van der Waals surface area contributed by atoms with Gasteiger partial charge in [0, 0.05) is 22.9 Å². The molecule has 2 N–H and O–H groups in total. The summed E-state index contributed by atoms with van der Waals surface area (Å²) in [6.45, 7) is 0. The summed E-state index contributed by atoms with van der Waals surface area (Å²) >= 11 is 0. The molecule has 4 rings (SSSR count). The second-order valence-electron chi connectivity index (χ2n) is 6.67. The van der Waals surface area contributed by atoms with E-state index in [1.807, 2.05) is 0 Å². The fourth-order valence-electron chi connectivity index (χ4n) is 3.12. The monoisotopic (exact) mass is 445 g/mol. The van der Waals surface area contributed by atoms with Crippen LogP contribution in [0, 0.1) is 5.82 Å². The minimum Gasteiger partial charge on any atom is -0.280 e. The molecule has 10 heteroatoms. The van der Waals surface area contributed by atoms with E-state index in [1.165, 1.54) is 42.5 Å². The molecule has 0 fully saturated rings. The highest BCUT2D eigenvalue weighted by atomic mass is 32.2. The summed E-state index contributed by atoms with van der Waals surface area (Å²) in [5.41, 5.74) is 1.84. The highest BCUT2D eigenvalue weighted by Crippen LogP contribution is 2.30. The SMILES string of the molecule is CS(=O)(=O)c1ccccc1S(=O)(=O)Nc1ccc2[nH]nc(-c3cccc(F)c3)c2c1. The number of benzene rings is 3. The van der Waals surface area contributed by atoms with Crippen molar-refractivity contribution >= 4 is 36.5 Å². The third kappa shape index (κ3) is 3.79. The fraction of sp³-hybridized carbons (Fsp3) is 0.0500. The van der Waals surface area contributed by atoms with Gasteiger partial charge in [-0.15, -0.1) is 0 Å². The van der Waals surface area contributed by atoms with Gasteiger partial charge in [-0.1, -0.05) is 24.3 Å². The van der Waals surface area contributed by atoms with Gasteiger partial charge in [-0.05, 0) is 42.5 Å². The predicted molar refractivity (Wildman–Crippen MR) is 112 cm³/mol. The number of sulfone groups is 1. The standard InChI is InChI=1S/C20H16FN3O4S2/c1-29(25,26)18-7-2-3-8-19(18)30(27,28)24-15-9-10-17-16(12-15)20(23-22-17)13-5-4-6-14(21)11-13/h2-12,24H,1H3,(H,22,23). The molecule has 0 aliphatic heterocycles. The van der Waals surface area contributed by atoms with Crippen LogP contribution in [0.15, 0.2) is 76.5 Å². The number of fused-ring (bicyclic) bond motifs is 1. The first-order chi connectivity index (χ1) is 14.1. The number of hydrogen-bond acceptors (Lipinski definition) is 5. The number of rotatable bonds is 5. The van der Waals surface area contributed by atoms with Crippen LogP contribution in [0.4, 0.5) is 10.1 Å². The third-order valence-electron chi connectivity index (χ3n) is 4.45. The van der Waals surface area contributed by atoms with Crippen molar-refractivity contribution in [1.82, 2.24) is 10.2 Å². The van der Waals surface area contributed by atoms with E-state index in [1.54, 1.807) is 24.3 Å². The summed E-state index contributed by atoms with van der Waals surface area (Å²) in [6, 6.07) is 16.0. The maximum atomic E-state index is 13.6. The predicted octanol–water partition coefficient (Wildman–Crippen LogP) is 3.57.